The van der Waals surface area contributed by atoms with Crippen molar-refractivity contribution in [3.8, 4) is 22.9 Å². The number of esters is 1. The van der Waals surface area contributed by atoms with Crippen molar-refractivity contribution in [3.05, 3.63) is 93.3 Å². The Labute approximate surface area is 199 Å². The lowest BCUT2D eigenvalue weighted by Gasteiger charge is -2.15. The second-order valence-corrected chi connectivity index (χ2v) is 7.81. The normalized spacial score (nSPS) is 11.2. The molecule has 4 aromatic rings. The highest BCUT2D eigenvalue weighted by Crippen LogP contribution is 2.36. The van der Waals surface area contributed by atoms with Crippen molar-refractivity contribution >= 4 is 22.9 Å². The summed E-state index contributed by atoms with van der Waals surface area (Å²) in [5.74, 6) is -2.46. The Kier molecular flexibility index (Phi) is 6.73. The third-order valence-corrected chi connectivity index (χ3v) is 5.33. The molecule has 0 amide bonds. The number of para-hydroxylation sites is 1. The van der Waals surface area contributed by atoms with Gasteiger partial charge in [-0.3, -0.25) is 4.79 Å². The summed E-state index contributed by atoms with van der Waals surface area (Å²) in [7, 11) is 0. The van der Waals surface area contributed by atoms with E-state index >= 15 is 0 Å². The predicted molar refractivity (Wildman–Crippen MR) is 129 cm³/mol. The number of fused-ring (bicyclic) bond motifs is 1. The van der Waals surface area contributed by atoms with Gasteiger partial charge in [0, 0.05) is 34.3 Å². The van der Waals surface area contributed by atoms with E-state index in [0.29, 0.717) is 22.5 Å². The molecule has 0 radical (unpaired) electrons. The van der Waals surface area contributed by atoms with E-state index in [2.05, 4.69) is 9.97 Å². The fourth-order valence-electron chi connectivity index (χ4n) is 3.62. The summed E-state index contributed by atoms with van der Waals surface area (Å²) in [6.45, 7) is 5.00. The number of benzene rings is 2. The molecule has 0 aliphatic heterocycles. The summed E-state index contributed by atoms with van der Waals surface area (Å²) < 4.78 is 38.8. The molecule has 0 aliphatic rings. The van der Waals surface area contributed by atoms with Crippen molar-refractivity contribution in [3.63, 3.8) is 0 Å². The van der Waals surface area contributed by atoms with Crippen molar-refractivity contribution < 1.29 is 23.0 Å². The van der Waals surface area contributed by atoms with Crippen molar-refractivity contribution in [1.29, 1.82) is 0 Å². The molecule has 0 saturated heterocycles. The van der Waals surface area contributed by atoms with E-state index in [1.165, 1.54) is 31.2 Å². The molecule has 0 unspecified atom stereocenters. The number of ether oxygens (including phenoxy) is 2. The Morgan fingerprint density at radius 3 is 2.66 bits per heavy atom. The lowest BCUT2D eigenvalue weighted by atomic mass is 10.0. The standard InChI is InChI=1S/C27H22F2N2O4/c1-4-34-24(33)12-9-18-22(32)13-15(2)30-26(18)19-14-17-7-5-6-8-21(17)31-27(19)35-23-11-10-20(28)25(29)16(23)3/h5-14H,4H2,1-3H3,(H,30,32). The SMILES string of the molecule is CCOC(=O)C=Cc1c(-c2cc3ccccc3nc2Oc2ccc(F)c(F)c2C)[nH]c(C)cc1=O. The third kappa shape index (κ3) is 4.96. The van der Waals surface area contributed by atoms with Gasteiger partial charge in [-0.2, -0.15) is 0 Å². The minimum atomic E-state index is -1.02. The number of aromatic nitrogens is 2. The predicted octanol–water partition coefficient (Wildman–Crippen LogP) is 5.85. The molecule has 0 fully saturated rings. The van der Waals surface area contributed by atoms with E-state index in [9.17, 15) is 18.4 Å². The Hall–Kier alpha value is -4.33. The van der Waals surface area contributed by atoms with E-state index in [4.69, 9.17) is 9.47 Å². The minimum Gasteiger partial charge on any atom is -0.463 e. The maximum Gasteiger partial charge on any atom is 0.330 e. The molecule has 6 nitrogen and oxygen atoms in total. The van der Waals surface area contributed by atoms with Gasteiger partial charge in [-0.15, -0.1) is 0 Å². The van der Waals surface area contributed by atoms with Crippen LogP contribution in [-0.2, 0) is 9.53 Å². The fraction of sp³-hybridized carbons (Fsp3) is 0.148. The Balaban J connectivity index is 1.95. The smallest absolute Gasteiger partial charge is 0.330 e. The van der Waals surface area contributed by atoms with E-state index < -0.39 is 17.6 Å². The van der Waals surface area contributed by atoms with Crippen LogP contribution < -0.4 is 10.2 Å². The van der Waals surface area contributed by atoms with Gasteiger partial charge < -0.3 is 14.5 Å². The van der Waals surface area contributed by atoms with Crippen LogP contribution in [0.15, 0.2) is 59.4 Å². The molecule has 2 aromatic carbocycles. The fourth-order valence-corrected chi connectivity index (χ4v) is 3.62. The minimum absolute atomic E-state index is 0.0222. The molecule has 8 heteroatoms. The average Bonchev–Trinajstić information content (AvgIpc) is 2.83. The number of nitrogens with zero attached hydrogens (tertiary/aromatic N) is 1. The number of pyridine rings is 2. The third-order valence-electron chi connectivity index (χ3n) is 5.33. The van der Waals surface area contributed by atoms with Gasteiger partial charge in [0.15, 0.2) is 17.1 Å². The first kappa shape index (κ1) is 23.8. The van der Waals surface area contributed by atoms with E-state index in [1.807, 2.05) is 18.2 Å². The number of H-pyrrole nitrogens is 1. The van der Waals surface area contributed by atoms with Crippen LogP contribution in [0.1, 0.15) is 23.7 Å². The number of nitrogens with one attached hydrogen (secondary N) is 1. The van der Waals surface area contributed by atoms with E-state index in [0.717, 1.165) is 11.5 Å². The maximum atomic E-state index is 14.2. The Morgan fingerprint density at radius 1 is 1.11 bits per heavy atom. The largest absolute Gasteiger partial charge is 0.463 e. The lowest BCUT2D eigenvalue weighted by Crippen LogP contribution is -2.10. The zero-order valence-corrected chi connectivity index (χ0v) is 19.3. The van der Waals surface area contributed by atoms with Gasteiger partial charge >= 0.3 is 5.97 Å². The quantitative estimate of drug-likeness (QED) is 0.279. The summed E-state index contributed by atoms with van der Waals surface area (Å²) in [5.41, 5.74) is 1.76. The summed E-state index contributed by atoms with van der Waals surface area (Å²) in [5, 5.41) is 0.763. The molecule has 4 rings (SSSR count). The lowest BCUT2D eigenvalue weighted by molar-refractivity contribution is -0.137. The average molecular weight is 476 g/mol. The Morgan fingerprint density at radius 2 is 1.89 bits per heavy atom. The first-order valence-electron chi connectivity index (χ1n) is 10.9. The maximum absolute atomic E-state index is 14.2. The van der Waals surface area contributed by atoms with Gasteiger partial charge in [0.05, 0.1) is 23.4 Å². The van der Waals surface area contributed by atoms with Crippen LogP contribution in [0.2, 0.25) is 0 Å². The van der Waals surface area contributed by atoms with Crippen LogP contribution in [0.3, 0.4) is 0 Å². The number of aromatic amines is 1. The molecule has 0 spiro atoms. The summed E-state index contributed by atoms with van der Waals surface area (Å²) in [6.07, 6.45) is 2.54. The molecule has 178 valence electrons. The first-order valence-corrected chi connectivity index (χ1v) is 10.9. The van der Waals surface area contributed by atoms with E-state index in [1.54, 1.807) is 26.0 Å². The number of rotatable bonds is 6. The molecule has 0 aliphatic carbocycles. The van der Waals surface area contributed by atoms with Crippen LogP contribution in [-0.4, -0.2) is 22.5 Å². The molecular formula is C27H22F2N2O4. The topological polar surface area (TPSA) is 81.3 Å². The second kappa shape index (κ2) is 9.89. The molecule has 2 heterocycles. The Bertz CT molecular complexity index is 1530. The molecule has 2 aromatic heterocycles. The van der Waals surface area contributed by atoms with Gasteiger partial charge in [0.2, 0.25) is 5.88 Å². The van der Waals surface area contributed by atoms with Crippen molar-refractivity contribution in [2.24, 2.45) is 0 Å². The molecule has 1 N–H and O–H groups in total. The summed E-state index contributed by atoms with van der Waals surface area (Å²) in [4.78, 5) is 32.5. The van der Waals surface area contributed by atoms with Gasteiger partial charge in [0.25, 0.3) is 0 Å². The van der Waals surface area contributed by atoms with Gasteiger partial charge in [-0.1, -0.05) is 18.2 Å². The van der Waals surface area contributed by atoms with Gasteiger partial charge in [-0.25, -0.2) is 18.6 Å². The van der Waals surface area contributed by atoms with E-state index in [-0.39, 0.29) is 34.8 Å². The highest BCUT2D eigenvalue weighted by Gasteiger charge is 2.19. The zero-order chi connectivity index (χ0) is 25.1. The zero-order valence-electron chi connectivity index (χ0n) is 19.3. The van der Waals surface area contributed by atoms with Crippen LogP contribution in [0.5, 0.6) is 11.6 Å². The number of hydrogen-bond acceptors (Lipinski definition) is 5. The highest BCUT2D eigenvalue weighted by molar-refractivity contribution is 5.91. The highest BCUT2D eigenvalue weighted by atomic mass is 19.2. The second-order valence-electron chi connectivity index (χ2n) is 7.81. The molecule has 0 bridgehead atoms. The number of carbonyl (C=O) groups is 1. The van der Waals surface area contributed by atoms with Gasteiger partial charge in [-0.05, 0) is 51.1 Å². The molecular weight excluding hydrogens is 454 g/mol. The monoisotopic (exact) mass is 476 g/mol. The number of hydrogen-bond donors (Lipinski definition) is 1. The number of carbonyl (C=O) groups excluding carboxylic acids is 1. The van der Waals surface area contributed by atoms with Crippen LogP contribution >= 0.6 is 0 Å². The van der Waals surface area contributed by atoms with Crippen LogP contribution in [0.25, 0.3) is 28.2 Å². The molecule has 35 heavy (non-hydrogen) atoms. The number of halogens is 2. The summed E-state index contributed by atoms with van der Waals surface area (Å²) in [6, 6.07) is 12.8. The van der Waals surface area contributed by atoms with Crippen molar-refractivity contribution in [2.45, 2.75) is 20.8 Å². The summed E-state index contributed by atoms with van der Waals surface area (Å²) >= 11 is 0. The first-order chi connectivity index (χ1) is 16.8. The van der Waals surface area contributed by atoms with Crippen LogP contribution in [0.4, 0.5) is 8.78 Å². The molecule has 0 atom stereocenters. The van der Waals surface area contributed by atoms with Crippen molar-refractivity contribution in [2.75, 3.05) is 6.61 Å². The van der Waals surface area contributed by atoms with Crippen LogP contribution in [0, 0.1) is 25.5 Å². The number of aryl methyl sites for hydroxylation is 1. The molecule has 0 saturated carbocycles. The van der Waals surface area contributed by atoms with Crippen molar-refractivity contribution in [1.82, 2.24) is 9.97 Å². The van der Waals surface area contributed by atoms with Gasteiger partial charge in [0.1, 0.15) is 5.75 Å².